The van der Waals surface area contributed by atoms with Gasteiger partial charge in [0.15, 0.2) is 0 Å². The molecule has 0 aliphatic rings. The summed E-state index contributed by atoms with van der Waals surface area (Å²) in [4.78, 5) is 22.3. The summed E-state index contributed by atoms with van der Waals surface area (Å²) in [5, 5.41) is 0. The van der Waals surface area contributed by atoms with E-state index in [1.54, 1.807) is 0 Å². The molecule has 0 N–H and O–H groups in total. The third kappa shape index (κ3) is 5.31. The molecule has 0 radical (unpaired) electrons. The van der Waals surface area contributed by atoms with Crippen LogP contribution in [0.15, 0.2) is 73.8 Å². The number of alkyl halides is 3. The van der Waals surface area contributed by atoms with Crippen LogP contribution < -0.4 is 9.47 Å². The van der Waals surface area contributed by atoms with Crippen molar-refractivity contribution < 1.29 is 32.2 Å². The Kier molecular flexibility index (Phi) is 6.18. The summed E-state index contributed by atoms with van der Waals surface area (Å²) in [6, 6.07) is 10.0. The van der Waals surface area contributed by atoms with Gasteiger partial charge in [-0.1, -0.05) is 37.4 Å². The number of carbonyl (C=O) groups is 2. The highest BCUT2D eigenvalue weighted by molar-refractivity contribution is 5.83. The maximum Gasteiger partial charge on any atom is 0.399 e. The van der Waals surface area contributed by atoms with E-state index in [-0.39, 0.29) is 22.6 Å². The van der Waals surface area contributed by atoms with Crippen LogP contribution in [0.5, 0.6) is 11.5 Å². The number of hydrogen-bond acceptors (Lipinski definition) is 4. The third-order valence-electron chi connectivity index (χ3n) is 3.52. The van der Waals surface area contributed by atoms with Gasteiger partial charge in [0.25, 0.3) is 0 Å². The van der Waals surface area contributed by atoms with Crippen LogP contribution in [-0.4, -0.2) is 18.1 Å². The predicted molar refractivity (Wildman–Crippen MR) is 92.4 cm³/mol. The van der Waals surface area contributed by atoms with Crippen molar-refractivity contribution in [3.63, 3.8) is 0 Å². The molecule has 0 aromatic heterocycles. The minimum absolute atomic E-state index is 0.0308. The topological polar surface area (TPSA) is 52.6 Å². The lowest BCUT2D eigenvalue weighted by atomic mass is 9.90. The molecule has 0 saturated carbocycles. The summed E-state index contributed by atoms with van der Waals surface area (Å²) < 4.78 is 50.6. The summed E-state index contributed by atoms with van der Waals surface area (Å²) in [5.74, 6) is -3.10. The molecule has 0 spiro atoms. The summed E-state index contributed by atoms with van der Waals surface area (Å²) >= 11 is 0. The van der Waals surface area contributed by atoms with Gasteiger partial charge in [-0.2, -0.15) is 13.2 Å². The van der Waals surface area contributed by atoms with Gasteiger partial charge in [-0.25, -0.2) is 9.59 Å². The van der Waals surface area contributed by atoms with Crippen molar-refractivity contribution in [3.05, 3.63) is 85.0 Å². The van der Waals surface area contributed by atoms with E-state index in [9.17, 15) is 22.8 Å². The van der Waals surface area contributed by atoms with Crippen molar-refractivity contribution in [2.45, 2.75) is 12.1 Å². The van der Waals surface area contributed by atoms with Gasteiger partial charge >= 0.3 is 18.1 Å². The van der Waals surface area contributed by atoms with Crippen LogP contribution in [-0.2, 0) is 9.59 Å². The largest absolute Gasteiger partial charge is 0.423 e. The zero-order valence-electron chi connectivity index (χ0n) is 14.0. The number of halogens is 3. The molecule has 140 valence electrons. The Labute approximate surface area is 153 Å². The Morgan fingerprint density at radius 2 is 1.11 bits per heavy atom. The second-order valence-corrected chi connectivity index (χ2v) is 5.36. The van der Waals surface area contributed by atoms with Gasteiger partial charge < -0.3 is 9.47 Å². The lowest BCUT2D eigenvalue weighted by Crippen LogP contribution is -2.22. The zero-order chi connectivity index (χ0) is 20.0. The maximum atomic E-state index is 13.6. The van der Waals surface area contributed by atoms with E-state index < -0.39 is 24.0 Å². The highest BCUT2D eigenvalue weighted by Gasteiger charge is 2.41. The number of esters is 2. The van der Waals surface area contributed by atoms with Crippen LogP contribution in [0.25, 0.3) is 0 Å². The van der Waals surface area contributed by atoms with Crippen LogP contribution in [0.4, 0.5) is 13.2 Å². The Bertz CT molecular complexity index is 772. The van der Waals surface area contributed by atoms with Gasteiger partial charge in [-0.05, 0) is 35.4 Å². The van der Waals surface area contributed by atoms with Crippen LogP contribution >= 0.6 is 0 Å². The van der Waals surface area contributed by atoms with E-state index in [1.807, 2.05) is 0 Å². The second kappa shape index (κ2) is 8.35. The smallest absolute Gasteiger partial charge is 0.399 e. The molecule has 4 nitrogen and oxygen atoms in total. The number of ether oxygens (including phenoxy) is 2. The highest BCUT2D eigenvalue weighted by atomic mass is 19.4. The highest BCUT2D eigenvalue weighted by Crippen LogP contribution is 2.41. The summed E-state index contributed by atoms with van der Waals surface area (Å²) in [5.41, 5.74) is -0.0616. The van der Waals surface area contributed by atoms with Crippen molar-refractivity contribution in [2.75, 3.05) is 0 Å². The van der Waals surface area contributed by atoms with Crippen molar-refractivity contribution in [3.8, 4) is 11.5 Å². The van der Waals surface area contributed by atoms with Gasteiger partial charge in [0.05, 0.1) is 0 Å². The third-order valence-corrected chi connectivity index (χ3v) is 3.52. The Hall–Kier alpha value is -3.35. The lowest BCUT2D eigenvalue weighted by Gasteiger charge is -2.21. The first kappa shape index (κ1) is 20.0. The maximum absolute atomic E-state index is 13.6. The molecule has 2 aromatic carbocycles. The molecule has 0 bridgehead atoms. The Morgan fingerprint density at radius 3 is 1.37 bits per heavy atom. The Balaban J connectivity index is 2.30. The first-order valence-electron chi connectivity index (χ1n) is 7.69. The second-order valence-electron chi connectivity index (χ2n) is 5.36. The normalized spacial score (nSPS) is 11.0. The van der Waals surface area contributed by atoms with Crippen molar-refractivity contribution in [2.24, 2.45) is 0 Å². The number of carbonyl (C=O) groups excluding carboxylic acids is 2. The molecule has 0 heterocycles. The lowest BCUT2D eigenvalue weighted by molar-refractivity contribution is -0.141. The van der Waals surface area contributed by atoms with Gasteiger partial charge in [0, 0.05) is 12.2 Å². The standard InChI is InChI=1S/C20H15F3O4/c1-3-17(24)26-15-9-5-13(6-10-15)19(20(21,22)23)14-7-11-16(12-8-14)27-18(25)4-2/h3-12,19H,1-2H2. The first-order chi connectivity index (χ1) is 12.7. The molecule has 2 aromatic rings. The van der Waals surface area contributed by atoms with Gasteiger partial charge in [-0.15, -0.1) is 0 Å². The molecule has 0 amide bonds. The van der Waals surface area contributed by atoms with Crippen LogP contribution in [0.1, 0.15) is 17.0 Å². The van der Waals surface area contributed by atoms with Crippen molar-refractivity contribution in [1.82, 2.24) is 0 Å². The molecular weight excluding hydrogens is 361 g/mol. The average Bonchev–Trinajstić information content (AvgIpc) is 2.63. The van der Waals surface area contributed by atoms with Gasteiger partial charge in [0.1, 0.15) is 17.4 Å². The number of benzene rings is 2. The quantitative estimate of drug-likeness (QED) is 0.421. The van der Waals surface area contributed by atoms with E-state index in [0.717, 1.165) is 12.2 Å². The number of rotatable bonds is 6. The van der Waals surface area contributed by atoms with Gasteiger partial charge in [0.2, 0.25) is 0 Å². The Morgan fingerprint density at radius 1 is 0.778 bits per heavy atom. The van der Waals surface area contributed by atoms with E-state index in [0.29, 0.717) is 0 Å². The minimum atomic E-state index is -4.56. The first-order valence-corrected chi connectivity index (χ1v) is 7.69. The number of hydrogen-bond donors (Lipinski definition) is 0. The molecule has 7 heteroatoms. The monoisotopic (exact) mass is 376 g/mol. The summed E-state index contributed by atoms with van der Waals surface area (Å²) in [7, 11) is 0. The molecule has 0 aliphatic heterocycles. The molecule has 27 heavy (non-hydrogen) atoms. The van der Waals surface area contributed by atoms with E-state index in [1.165, 1.54) is 48.5 Å². The SMILES string of the molecule is C=CC(=O)Oc1ccc(C(c2ccc(OC(=O)C=C)cc2)C(F)(F)F)cc1. The van der Waals surface area contributed by atoms with Crippen LogP contribution in [0.2, 0.25) is 0 Å². The van der Waals surface area contributed by atoms with Crippen LogP contribution in [0, 0.1) is 0 Å². The molecule has 0 unspecified atom stereocenters. The van der Waals surface area contributed by atoms with E-state index in [2.05, 4.69) is 13.2 Å². The van der Waals surface area contributed by atoms with Crippen LogP contribution in [0.3, 0.4) is 0 Å². The minimum Gasteiger partial charge on any atom is -0.423 e. The zero-order valence-corrected chi connectivity index (χ0v) is 14.0. The molecule has 0 aliphatic carbocycles. The predicted octanol–water partition coefficient (Wildman–Crippen LogP) is 4.56. The fourth-order valence-electron chi connectivity index (χ4n) is 2.34. The van der Waals surface area contributed by atoms with Gasteiger partial charge in [-0.3, -0.25) is 0 Å². The molecule has 0 atom stereocenters. The van der Waals surface area contributed by atoms with Crippen molar-refractivity contribution in [1.29, 1.82) is 0 Å². The van der Waals surface area contributed by atoms with E-state index >= 15 is 0 Å². The molecule has 0 saturated heterocycles. The fraction of sp³-hybridized carbons (Fsp3) is 0.100. The fourth-order valence-corrected chi connectivity index (χ4v) is 2.34. The summed E-state index contributed by atoms with van der Waals surface area (Å²) in [6.07, 6.45) is -2.65. The molecule has 2 rings (SSSR count). The van der Waals surface area contributed by atoms with Crippen molar-refractivity contribution >= 4 is 11.9 Å². The molecule has 0 fully saturated rings. The average molecular weight is 376 g/mol. The van der Waals surface area contributed by atoms with E-state index in [4.69, 9.17) is 9.47 Å². The summed E-state index contributed by atoms with van der Waals surface area (Å²) in [6.45, 7) is 6.49. The molecular formula is C20H15F3O4.